The molecule has 0 bridgehead atoms. The topological polar surface area (TPSA) is 249 Å². The van der Waals surface area contributed by atoms with Gasteiger partial charge < -0.3 is 103 Å². The number of nitrogens with zero attached hydrogens (tertiary/aromatic N) is 12. The van der Waals surface area contributed by atoms with Crippen LogP contribution in [0.3, 0.4) is 0 Å². The van der Waals surface area contributed by atoms with Gasteiger partial charge in [0.15, 0.2) is 0 Å². The molecule has 0 unspecified atom stereocenters. The molecule has 0 amide bonds. The van der Waals surface area contributed by atoms with Crippen molar-refractivity contribution in [2.24, 2.45) is 30.0 Å². The maximum absolute atomic E-state index is 4.94. The summed E-state index contributed by atoms with van der Waals surface area (Å²) in [6.07, 6.45) is 10.6. The zero-order valence-electron chi connectivity index (χ0n) is 75.1. The van der Waals surface area contributed by atoms with Crippen LogP contribution in [0.2, 0.25) is 0 Å². The third kappa shape index (κ3) is 71.8. The summed E-state index contributed by atoms with van der Waals surface area (Å²) in [6.45, 7) is 58.0. The van der Waals surface area contributed by atoms with Crippen molar-refractivity contribution in [3.63, 3.8) is 0 Å². The maximum atomic E-state index is 4.94. The Morgan fingerprint density at radius 1 is 0.246 bits per heavy atom. The van der Waals surface area contributed by atoms with Crippen LogP contribution in [0, 0.1) is 71.2 Å². The number of hydrogen-bond acceptors (Lipinski definition) is 8. The molecule has 0 aliphatic carbocycles. The molecule has 8 rings (SSSR count). The Kier molecular flexibility index (Phi) is 71.0. The number of hydrogen-bond donors (Lipinski definition) is 6. The van der Waals surface area contributed by atoms with Crippen LogP contribution in [0.1, 0.15) is 231 Å². The maximum Gasteiger partial charge on any atom is 3.00 e. The van der Waals surface area contributed by atoms with E-state index in [4.69, 9.17) is 9.47 Å². The molecule has 0 atom stereocenters. The van der Waals surface area contributed by atoms with E-state index in [1.54, 1.807) is 0 Å². The van der Waals surface area contributed by atoms with Crippen molar-refractivity contribution in [3.05, 3.63) is 214 Å². The van der Waals surface area contributed by atoms with Gasteiger partial charge in [-0.1, -0.05) is 388 Å². The SMILES string of the molecule is C1CCOC1.C1CCOC1.CC(C)N=C([N-]c1ccccc1)NC(C)C.CC(C)N=C([N-]c1ccccc1)NC(C)C.CC(C)N=C([N-]c1ccccc1)NC(C)C.CC(C)N=C([N-]c1ccccc1)NC(C)C.CC(C)N=C([N-]c1ccccc1)NC(C)C.CC(C)N=C([N-]c1ccccc1)NC(C)C.CCCCCC.[La+3].[La+3]. The number of para-hydroxylation sites is 6. The van der Waals surface area contributed by atoms with E-state index in [1.807, 2.05) is 265 Å². The number of ether oxygens (including phenoxy) is 2. The first-order chi connectivity index (χ1) is 53.4. The van der Waals surface area contributed by atoms with E-state index >= 15 is 0 Å². The molecule has 22 heteroatoms. The predicted octanol–water partition coefficient (Wildman–Crippen LogP) is 24.9. The molecule has 626 valence electrons. The van der Waals surface area contributed by atoms with Crippen molar-refractivity contribution in [2.75, 3.05) is 26.4 Å². The third-order valence-corrected chi connectivity index (χ3v) is 13.3. The number of guanidine groups is 6. The Labute approximate surface area is 750 Å². The Hall–Kier alpha value is -6.75. The van der Waals surface area contributed by atoms with Crippen molar-refractivity contribution in [1.29, 1.82) is 0 Å². The average molecular weight is 1820 g/mol. The fraction of sp³-hybridized carbons (Fsp3) is 0.543. The van der Waals surface area contributed by atoms with Gasteiger partial charge in [0.2, 0.25) is 0 Å². The fourth-order valence-electron chi connectivity index (χ4n) is 8.88. The van der Waals surface area contributed by atoms with Crippen LogP contribution in [0.4, 0.5) is 34.1 Å². The number of nitrogens with one attached hydrogen (secondary N) is 6. The summed E-state index contributed by atoms with van der Waals surface area (Å²) in [5.41, 5.74) is 5.56. The van der Waals surface area contributed by atoms with Crippen LogP contribution >= 0.6 is 0 Å². The molecule has 0 saturated carbocycles. The first-order valence-corrected chi connectivity index (χ1v) is 41.2. The van der Waals surface area contributed by atoms with E-state index in [0.717, 1.165) is 60.6 Å². The van der Waals surface area contributed by atoms with Crippen LogP contribution in [0.25, 0.3) is 31.9 Å². The standard InChI is InChI=1S/6C13H20N3.C6H14.2C4H8O.2La/c6*1-10(2)14-13(15-11(3)4)16-12-8-6-5-7-9-12;1-3-5-6-4-2;2*1-2-4-5-3-1;;/h6*5-11H,1-4H3,(H-,14,15,16);3-6H2,1-2H3;2*1-4H2;;/q6*-1;;;;2*+3. The molecular formula is C92H150La2N18O2. The van der Waals surface area contributed by atoms with Gasteiger partial charge in [-0.2, -0.15) is 0 Å². The molecule has 6 aromatic rings. The van der Waals surface area contributed by atoms with Gasteiger partial charge in [-0.05, 0) is 132 Å². The second-order valence-corrected chi connectivity index (χ2v) is 30.1. The molecule has 2 heterocycles. The van der Waals surface area contributed by atoms with Gasteiger partial charge in [0, 0.05) is 62.2 Å². The number of rotatable bonds is 21. The van der Waals surface area contributed by atoms with Crippen LogP contribution in [-0.4, -0.2) is 135 Å². The van der Waals surface area contributed by atoms with Gasteiger partial charge in [-0.25, -0.2) is 0 Å². The minimum Gasteiger partial charge on any atom is -0.437 e. The van der Waals surface area contributed by atoms with Crippen LogP contribution in [0.15, 0.2) is 212 Å². The molecule has 2 aliphatic rings. The predicted molar refractivity (Wildman–Crippen MR) is 492 cm³/mol. The molecular weight excluding hydrogens is 1670 g/mol. The smallest absolute Gasteiger partial charge is 0.437 e. The second-order valence-electron chi connectivity index (χ2n) is 30.1. The molecule has 2 fully saturated rings. The fourth-order valence-corrected chi connectivity index (χ4v) is 8.88. The van der Waals surface area contributed by atoms with Gasteiger partial charge in [-0.3, -0.25) is 0 Å². The molecule has 6 aromatic carbocycles. The summed E-state index contributed by atoms with van der Waals surface area (Å²) in [4.78, 5) is 26.7. The van der Waals surface area contributed by atoms with Crippen molar-refractivity contribution in [1.82, 2.24) is 31.9 Å². The number of benzene rings is 6. The quantitative estimate of drug-likeness (QED) is 0.0229. The van der Waals surface area contributed by atoms with Crippen molar-refractivity contribution >= 4 is 69.9 Å². The van der Waals surface area contributed by atoms with Crippen molar-refractivity contribution in [3.8, 4) is 0 Å². The van der Waals surface area contributed by atoms with Gasteiger partial charge in [-0.15, -0.1) is 0 Å². The van der Waals surface area contributed by atoms with Crippen LogP contribution < -0.4 is 31.9 Å². The summed E-state index contributed by atoms with van der Waals surface area (Å²) < 4.78 is 9.89. The molecule has 114 heavy (non-hydrogen) atoms. The molecule has 2 aliphatic heterocycles. The second kappa shape index (κ2) is 72.7. The molecule has 0 radical (unpaired) electrons. The summed E-state index contributed by atoms with van der Waals surface area (Å²) in [7, 11) is 0. The van der Waals surface area contributed by atoms with E-state index in [9.17, 15) is 0 Å². The van der Waals surface area contributed by atoms with Crippen LogP contribution in [0.5, 0.6) is 0 Å². The van der Waals surface area contributed by atoms with Gasteiger partial charge in [0.1, 0.15) is 0 Å². The van der Waals surface area contributed by atoms with Gasteiger partial charge in [0.25, 0.3) is 0 Å². The largest absolute Gasteiger partial charge is 3.00 e. The van der Waals surface area contributed by atoms with E-state index in [-0.39, 0.29) is 107 Å². The molecule has 0 spiro atoms. The van der Waals surface area contributed by atoms with E-state index in [1.165, 1.54) is 51.4 Å². The zero-order valence-corrected chi connectivity index (χ0v) is 82.3. The monoisotopic (exact) mass is 1820 g/mol. The first kappa shape index (κ1) is 111. The minimum atomic E-state index is 0. The third-order valence-electron chi connectivity index (χ3n) is 13.3. The zero-order chi connectivity index (χ0) is 83.7. The Bertz CT molecular complexity index is 2760. The molecule has 0 aromatic heterocycles. The summed E-state index contributed by atoms with van der Waals surface area (Å²) in [6, 6.07) is 62.7. The van der Waals surface area contributed by atoms with Crippen LogP contribution in [-0.2, 0) is 9.47 Å². The van der Waals surface area contributed by atoms with E-state index in [0.29, 0.717) is 72.0 Å². The Morgan fingerprint density at radius 3 is 0.465 bits per heavy atom. The van der Waals surface area contributed by atoms with Gasteiger partial charge >= 0.3 is 71.2 Å². The Balaban J connectivity index is -0.00000124. The molecule has 2 saturated heterocycles. The Morgan fingerprint density at radius 2 is 0.377 bits per heavy atom. The van der Waals surface area contributed by atoms with E-state index in [2.05, 4.69) is 191 Å². The van der Waals surface area contributed by atoms with Gasteiger partial charge in [0.05, 0.1) is 0 Å². The number of aliphatic imine (C=N–C) groups is 6. The minimum absolute atomic E-state index is 0. The van der Waals surface area contributed by atoms with Crippen molar-refractivity contribution in [2.45, 2.75) is 304 Å². The number of unbranched alkanes of at least 4 members (excludes halogenated alkanes) is 3. The summed E-state index contributed by atoms with van der Waals surface area (Å²) >= 11 is 0. The van der Waals surface area contributed by atoms with E-state index < -0.39 is 0 Å². The molecule has 6 N–H and O–H groups in total. The van der Waals surface area contributed by atoms with Crippen molar-refractivity contribution < 1.29 is 80.7 Å². The summed E-state index contributed by atoms with van der Waals surface area (Å²) in [5, 5.41) is 46.3. The summed E-state index contributed by atoms with van der Waals surface area (Å²) in [5.74, 6) is 4.23. The normalized spacial score (nSPS) is 12.7. The average Bonchev–Trinajstić information content (AvgIpc) is 1.12. The molecule has 20 nitrogen and oxygen atoms in total. The first-order valence-electron chi connectivity index (χ1n) is 41.2.